The Labute approximate surface area is 92.2 Å². The Morgan fingerprint density at radius 1 is 1.50 bits per heavy atom. The van der Waals surface area contributed by atoms with E-state index in [1.165, 1.54) is 10.8 Å². The molecule has 0 aliphatic rings. The zero-order valence-corrected chi connectivity index (χ0v) is 9.30. The van der Waals surface area contributed by atoms with Gasteiger partial charge in [-0.1, -0.05) is 0 Å². The molecule has 2 unspecified atom stereocenters. The Bertz CT molecular complexity index is 461. The molecule has 0 fully saturated rings. The van der Waals surface area contributed by atoms with Crippen molar-refractivity contribution < 1.29 is 10.2 Å². The molecule has 90 valence electrons. The lowest BCUT2D eigenvalue weighted by molar-refractivity contribution is 0.130. The maximum absolute atomic E-state index is 11.5. The maximum Gasteiger partial charge on any atom is 0.328 e. The Morgan fingerprint density at radius 2 is 2.12 bits per heavy atom. The fourth-order valence-corrected chi connectivity index (χ4v) is 1.53. The van der Waals surface area contributed by atoms with E-state index in [0.29, 0.717) is 5.56 Å². The van der Waals surface area contributed by atoms with Crippen LogP contribution in [0.25, 0.3) is 0 Å². The van der Waals surface area contributed by atoms with Crippen LogP contribution in [0.2, 0.25) is 0 Å². The van der Waals surface area contributed by atoms with E-state index in [4.69, 9.17) is 5.11 Å². The summed E-state index contributed by atoms with van der Waals surface area (Å²) in [7, 11) is 0. The second-order valence-corrected chi connectivity index (χ2v) is 3.90. The number of aromatic nitrogens is 2. The molecule has 16 heavy (non-hydrogen) atoms. The molecule has 1 aromatic rings. The van der Waals surface area contributed by atoms with Crippen molar-refractivity contribution in [1.29, 1.82) is 0 Å². The van der Waals surface area contributed by atoms with Crippen LogP contribution in [0.1, 0.15) is 24.9 Å². The minimum absolute atomic E-state index is 0.252. The smallest absolute Gasteiger partial charge is 0.328 e. The second-order valence-electron chi connectivity index (χ2n) is 3.90. The fraction of sp³-hybridized carbons (Fsp3) is 0.600. The van der Waals surface area contributed by atoms with Gasteiger partial charge in [-0.2, -0.15) is 0 Å². The van der Waals surface area contributed by atoms with E-state index in [9.17, 15) is 14.7 Å². The zero-order chi connectivity index (χ0) is 12.3. The number of hydrogen-bond acceptors (Lipinski definition) is 4. The highest BCUT2D eigenvalue weighted by Gasteiger charge is 2.15. The van der Waals surface area contributed by atoms with Gasteiger partial charge in [0.1, 0.15) is 0 Å². The van der Waals surface area contributed by atoms with Crippen LogP contribution in [0, 0.1) is 6.92 Å². The molecule has 0 aliphatic carbocycles. The van der Waals surface area contributed by atoms with Crippen LogP contribution in [-0.4, -0.2) is 32.5 Å². The largest absolute Gasteiger partial charge is 0.394 e. The summed E-state index contributed by atoms with van der Waals surface area (Å²) in [4.78, 5) is 24.8. The van der Waals surface area contributed by atoms with Crippen molar-refractivity contribution in [2.24, 2.45) is 0 Å². The first-order chi connectivity index (χ1) is 7.45. The Balaban J connectivity index is 3.15. The molecular weight excluding hydrogens is 212 g/mol. The topological polar surface area (TPSA) is 95.3 Å². The Hall–Kier alpha value is -1.40. The van der Waals surface area contributed by atoms with Crippen molar-refractivity contribution in [3.8, 4) is 0 Å². The van der Waals surface area contributed by atoms with Gasteiger partial charge in [0, 0.05) is 11.8 Å². The van der Waals surface area contributed by atoms with Crippen molar-refractivity contribution in [1.82, 2.24) is 9.55 Å². The standard InChI is InChI=1S/C10H16N2O4/c1-6-4-12(10(16)11-9(6)15)8(5-13)3-7(2)14/h4,7-8,13-14H,3,5H2,1-2H3,(H,11,15,16). The molecule has 0 bridgehead atoms. The molecule has 6 heteroatoms. The minimum atomic E-state index is -0.628. The highest BCUT2D eigenvalue weighted by Crippen LogP contribution is 2.10. The van der Waals surface area contributed by atoms with Gasteiger partial charge in [-0.15, -0.1) is 0 Å². The molecule has 0 saturated carbocycles. The van der Waals surface area contributed by atoms with Crippen molar-refractivity contribution in [2.75, 3.05) is 6.61 Å². The lowest BCUT2D eigenvalue weighted by Crippen LogP contribution is -2.35. The predicted molar refractivity (Wildman–Crippen MR) is 58.5 cm³/mol. The van der Waals surface area contributed by atoms with Crippen LogP contribution < -0.4 is 11.2 Å². The van der Waals surface area contributed by atoms with Gasteiger partial charge in [0.15, 0.2) is 0 Å². The number of aromatic amines is 1. The normalized spacial score (nSPS) is 14.8. The van der Waals surface area contributed by atoms with E-state index in [2.05, 4.69) is 4.98 Å². The van der Waals surface area contributed by atoms with Gasteiger partial charge in [-0.3, -0.25) is 14.3 Å². The summed E-state index contributed by atoms with van der Waals surface area (Å²) in [6.45, 7) is 2.88. The maximum atomic E-state index is 11.5. The Morgan fingerprint density at radius 3 is 2.62 bits per heavy atom. The summed E-state index contributed by atoms with van der Waals surface area (Å²) in [5, 5.41) is 18.4. The van der Waals surface area contributed by atoms with Crippen LogP contribution in [0.4, 0.5) is 0 Å². The number of aliphatic hydroxyl groups excluding tert-OH is 2. The quantitative estimate of drug-likeness (QED) is 0.625. The molecular formula is C10H16N2O4. The van der Waals surface area contributed by atoms with Crippen molar-refractivity contribution in [3.63, 3.8) is 0 Å². The van der Waals surface area contributed by atoms with Gasteiger partial charge in [0.25, 0.3) is 5.56 Å². The average Bonchev–Trinajstić information content (AvgIpc) is 2.20. The number of nitrogens with one attached hydrogen (secondary N) is 1. The van der Waals surface area contributed by atoms with Crippen LogP contribution >= 0.6 is 0 Å². The molecule has 2 atom stereocenters. The van der Waals surface area contributed by atoms with Crippen LogP contribution in [-0.2, 0) is 0 Å². The van der Waals surface area contributed by atoms with Crippen LogP contribution in [0.15, 0.2) is 15.8 Å². The molecule has 0 spiro atoms. The fourth-order valence-electron chi connectivity index (χ4n) is 1.53. The second kappa shape index (κ2) is 5.09. The first-order valence-electron chi connectivity index (χ1n) is 5.06. The number of hydrogen-bond donors (Lipinski definition) is 3. The third kappa shape index (κ3) is 2.80. The van der Waals surface area contributed by atoms with Gasteiger partial charge in [0.2, 0.25) is 0 Å². The lowest BCUT2D eigenvalue weighted by atomic mass is 10.1. The molecule has 0 aliphatic heterocycles. The highest BCUT2D eigenvalue weighted by atomic mass is 16.3. The monoisotopic (exact) mass is 228 g/mol. The molecule has 1 rings (SSSR count). The van der Waals surface area contributed by atoms with Crippen molar-refractivity contribution >= 4 is 0 Å². The predicted octanol–water partition coefficient (Wildman–Crippen LogP) is -0.851. The summed E-state index contributed by atoms with van der Waals surface area (Å²) in [5.41, 5.74) is -0.617. The number of H-pyrrole nitrogens is 1. The molecule has 6 nitrogen and oxygen atoms in total. The zero-order valence-electron chi connectivity index (χ0n) is 9.30. The summed E-state index contributed by atoms with van der Waals surface area (Å²) in [6, 6.07) is -0.525. The van der Waals surface area contributed by atoms with E-state index in [0.717, 1.165) is 0 Å². The molecule has 0 amide bonds. The van der Waals surface area contributed by atoms with E-state index in [1.54, 1.807) is 13.8 Å². The minimum Gasteiger partial charge on any atom is -0.394 e. The van der Waals surface area contributed by atoms with E-state index >= 15 is 0 Å². The van der Waals surface area contributed by atoms with E-state index < -0.39 is 23.4 Å². The summed E-state index contributed by atoms with van der Waals surface area (Å²) in [6.07, 6.45) is 1.02. The lowest BCUT2D eigenvalue weighted by Gasteiger charge is -2.18. The van der Waals surface area contributed by atoms with E-state index in [1.807, 2.05) is 0 Å². The number of aliphatic hydroxyl groups is 2. The van der Waals surface area contributed by atoms with Crippen molar-refractivity contribution in [3.05, 3.63) is 32.6 Å². The van der Waals surface area contributed by atoms with Crippen molar-refractivity contribution in [2.45, 2.75) is 32.4 Å². The summed E-state index contributed by atoms with van der Waals surface area (Å²) < 4.78 is 1.24. The van der Waals surface area contributed by atoms with Crippen LogP contribution in [0.5, 0.6) is 0 Å². The number of rotatable bonds is 4. The van der Waals surface area contributed by atoms with Crippen LogP contribution in [0.3, 0.4) is 0 Å². The first kappa shape index (κ1) is 12.7. The summed E-state index contributed by atoms with van der Waals surface area (Å²) >= 11 is 0. The highest BCUT2D eigenvalue weighted by molar-refractivity contribution is 5.01. The van der Waals surface area contributed by atoms with Gasteiger partial charge in [-0.05, 0) is 20.3 Å². The van der Waals surface area contributed by atoms with Gasteiger partial charge in [0.05, 0.1) is 18.8 Å². The summed E-state index contributed by atoms with van der Waals surface area (Å²) in [5.74, 6) is 0. The average molecular weight is 228 g/mol. The molecule has 0 aromatic carbocycles. The number of aryl methyl sites for hydroxylation is 1. The molecule has 1 aromatic heterocycles. The van der Waals surface area contributed by atoms with Gasteiger partial charge in [-0.25, -0.2) is 4.79 Å². The molecule has 1 heterocycles. The van der Waals surface area contributed by atoms with Gasteiger partial charge < -0.3 is 10.2 Å². The third-order valence-corrected chi connectivity index (χ3v) is 2.36. The number of nitrogens with zero attached hydrogens (tertiary/aromatic N) is 1. The van der Waals surface area contributed by atoms with E-state index in [-0.39, 0.29) is 13.0 Å². The van der Waals surface area contributed by atoms with Gasteiger partial charge >= 0.3 is 5.69 Å². The molecule has 0 saturated heterocycles. The Kier molecular flexibility index (Phi) is 4.03. The molecule has 0 radical (unpaired) electrons. The SMILES string of the molecule is Cc1cn(C(CO)CC(C)O)c(=O)[nH]c1=O. The first-order valence-corrected chi connectivity index (χ1v) is 5.06. The molecule has 3 N–H and O–H groups in total. The third-order valence-electron chi connectivity index (χ3n) is 2.36.